The number of methoxy groups -OCH3 is 1. The molecule has 0 aliphatic rings. The Morgan fingerprint density at radius 2 is 1.83 bits per heavy atom. The molecule has 1 aromatic heterocycles. The number of nitrogens with two attached hydrogens (primary N) is 1. The molecule has 5 nitrogen and oxygen atoms in total. The van der Waals surface area contributed by atoms with E-state index in [0.717, 1.165) is 10.4 Å². The standard InChI is InChI=1S/C17H15N3O2S/c1-22-14-10-6-5-9-13(14)20(16(18)21)17-19-11-15(23-17)12-7-3-2-4-8-12/h2-11H,1H3,(H2,18,21). The van der Waals surface area contributed by atoms with Crippen molar-refractivity contribution in [2.45, 2.75) is 0 Å². The summed E-state index contributed by atoms with van der Waals surface area (Å²) >= 11 is 1.39. The summed E-state index contributed by atoms with van der Waals surface area (Å²) in [4.78, 5) is 18.6. The van der Waals surface area contributed by atoms with Gasteiger partial charge in [0.05, 0.1) is 17.7 Å². The average molecular weight is 325 g/mol. The lowest BCUT2D eigenvalue weighted by Gasteiger charge is -2.19. The maximum Gasteiger partial charge on any atom is 0.325 e. The van der Waals surface area contributed by atoms with Gasteiger partial charge in [0.2, 0.25) is 0 Å². The molecule has 0 fully saturated rings. The molecule has 2 amide bonds. The van der Waals surface area contributed by atoms with Crippen molar-refractivity contribution in [1.82, 2.24) is 4.98 Å². The number of nitrogens with zero attached hydrogens (tertiary/aromatic N) is 2. The number of thiazole rings is 1. The highest BCUT2D eigenvalue weighted by atomic mass is 32.1. The second-order valence-corrected chi connectivity index (χ2v) is 5.73. The van der Waals surface area contributed by atoms with Crippen molar-refractivity contribution in [2.24, 2.45) is 5.73 Å². The average Bonchev–Trinajstić information content (AvgIpc) is 3.05. The highest BCUT2D eigenvalue weighted by Gasteiger charge is 2.22. The second kappa shape index (κ2) is 6.50. The maximum atomic E-state index is 12.0. The fourth-order valence-electron chi connectivity index (χ4n) is 2.23. The number of carbonyl (C=O) groups is 1. The van der Waals surface area contributed by atoms with E-state index in [-0.39, 0.29) is 0 Å². The van der Waals surface area contributed by atoms with Gasteiger partial charge in [0.15, 0.2) is 5.13 Å². The Morgan fingerprint density at radius 3 is 2.52 bits per heavy atom. The number of para-hydroxylation sites is 2. The summed E-state index contributed by atoms with van der Waals surface area (Å²) in [5.74, 6) is 0.558. The zero-order valence-electron chi connectivity index (χ0n) is 12.5. The molecule has 0 radical (unpaired) electrons. The van der Waals surface area contributed by atoms with Crippen molar-refractivity contribution in [2.75, 3.05) is 12.0 Å². The van der Waals surface area contributed by atoms with Gasteiger partial charge in [0, 0.05) is 6.20 Å². The summed E-state index contributed by atoms with van der Waals surface area (Å²) in [6.07, 6.45) is 1.74. The third kappa shape index (κ3) is 3.02. The van der Waals surface area contributed by atoms with Crippen LogP contribution in [-0.4, -0.2) is 18.1 Å². The first-order chi connectivity index (χ1) is 11.2. The van der Waals surface area contributed by atoms with Gasteiger partial charge < -0.3 is 10.5 Å². The SMILES string of the molecule is COc1ccccc1N(C(N)=O)c1ncc(-c2ccccc2)s1. The first-order valence-corrected chi connectivity index (χ1v) is 7.76. The van der Waals surface area contributed by atoms with E-state index in [1.165, 1.54) is 16.2 Å². The fraction of sp³-hybridized carbons (Fsp3) is 0.0588. The summed E-state index contributed by atoms with van der Waals surface area (Å²) in [6, 6.07) is 16.5. The number of anilines is 2. The Labute approximate surface area is 138 Å². The molecule has 3 aromatic rings. The quantitative estimate of drug-likeness (QED) is 0.787. The molecule has 3 rings (SSSR count). The lowest BCUT2D eigenvalue weighted by Crippen LogP contribution is -2.31. The van der Waals surface area contributed by atoms with Gasteiger partial charge in [-0.15, -0.1) is 0 Å². The molecule has 2 aromatic carbocycles. The maximum absolute atomic E-state index is 12.0. The van der Waals surface area contributed by atoms with Gasteiger partial charge in [0.25, 0.3) is 0 Å². The zero-order valence-corrected chi connectivity index (χ0v) is 13.3. The zero-order chi connectivity index (χ0) is 16.2. The molecule has 0 atom stereocenters. The minimum atomic E-state index is -0.608. The third-order valence-corrected chi connectivity index (χ3v) is 4.32. The van der Waals surface area contributed by atoms with E-state index in [1.54, 1.807) is 25.4 Å². The molecule has 1 heterocycles. The number of ether oxygens (including phenoxy) is 1. The number of benzene rings is 2. The second-order valence-electron chi connectivity index (χ2n) is 4.72. The number of hydrogen-bond donors (Lipinski definition) is 1. The van der Waals surface area contributed by atoms with Crippen molar-refractivity contribution in [3.63, 3.8) is 0 Å². The van der Waals surface area contributed by atoms with E-state index in [9.17, 15) is 4.79 Å². The molecule has 0 unspecified atom stereocenters. The molecule has 2 N–H and O–H groups in total. The van der Waals surface area contributed by atoms with E-state index < -0.39 is 6.03 Å². The van der Waals surface area contributed by atoms with Crippen LogP contribution in [0.2, 0.25) is 0 Å². The Kier molecular flexibility index (Phi) is 4.25. The number of rotatable bonds is 4. The lowest BCUT2D eigenvalue weighted by atomic mass is 10.2. The van der Waals surface area contributed by atoms with Crippen LogP contribution in [-0.2, 0) is 0 Å². The van der Waals surface area contributed by atoms with Gasteiger partial charge in [-0.2, -0.15) is 0 Å². The van der Waals surface area contributed by atoms with Crippen LogP contribution >= 0.6 is 11.3 Å². The predicted molar refractivity (Wildman–Crippen MR) is 92.3 cm³/mol. The van der Waals surface area contributed by atoms with Crippen LogP contribution in [0, 0.1) is 0 Å². The van der Waals surface area contributed by atoms with Gasteiger partial charge in [0.1, 0.15) is 5.75 Å². The third-order valence-electron chi connectivity index (χ3n) is 3.29. The summed E-state index contributed by atoms with van der Waals surface area (Å²) in [6.45, 7) is 0. The van der Waals surface area contributed by atoms with Crippen LogP contribution in [0.25, 0.3) is 10.4 Å². The number of carbonyl (C=O) groups excluding carboxylic acids is 1. The van der Waals surface area contributed by atoms with Crippen LogP contribution < -0.4 is 15.4 Å². The molecule has 0 spiro atoms. The van der Waals surface area contributed by atoms with Crippen molar-refractivity contribution in [3.8, 4) is 16.2 Å². The van der Waals surface area contributed by atoms with Gasteiger partial charge in [-0.05, 0) is 17.7 Å². The highest BCUT2D eigenvalue weighted by Crippen LogP contribution is 2.38. The van der Waals surface area contributed by atoms with Crippen LogP contribution in [0.5, 0.6) is 5.75 Å². The van der Waals surface area contributed by atoms with Crippen molar-refractivity contribution in [1.29, 1.82) is 0 Å². The smallest absolute Gasteiger partial charge is 0.325 e. The van der Waals surface area contributed by atoms with Gasteiger partial charge in [-0.25, -0.2) is 14.7 Å². The monoisotopic (exact) mass is 325 g/mol. The van der Waals surface area contributed by atoms with E-state index >= 15 is 0 Å². The molecular weight excluding hydrogens is 310 g/mol. The Morgan fingerprint density at radius 1 is 1.13 bits per heavy atom. The number of aromatic nitrogens is 1. The molecule has 6 heteroatoms. The number of hydrogen-bond acceptors (Lipinski definition) is 4. The first kappa shape index (κ1) is 15.1. The minimum Gasteiger partial charge on any atom is -0.495 e. The molecule has 116 valence electrons. The molecule has 0 aliphatic heterocycles. The van der Waals surface area contributed by atoms with Crippen molar-refractivity contribution >= 4 is 28.2 Å². The first-order valence-electron chi connectivity index (χ1n) is 6.94. The lowest BCUT2D eigenvalue weighted by molar-refractivity contribution is 0.256. The van der Waals surface area contributed by atoms with E-state index in [1.807, 2.05) is 42.5 Å². The van der Waals surface area contributed by atoms with E-state index in [2.05, 4.69) is 4.98 Å². The summed E-state index contributed by atoms with van der Waals surface area (Å²) in [7, 11) is 1.55. The number of primary amides is 1. The summed E-state index contributed by atoms with van der Waals surface area (Å²) in [5, 5.41) is 0.501. The van der Waals surface area contributed by atoms with Gasteiger partial charge in [-0.3, -0.25) is 0 Å². The topological polar surface area (TPSA) is 68.5 Å². The largest absolute Gasteiger partial charge is 0.495 e. The van der Waals surface area contributed by atoms with Crippen LogP contribution in [0.4, 0.5) is 15.6 Å². The van der Waals surface area contributed by atoms with Crippen LogP contribution in [0.15, 0.2) is 60.8 Å². The van der Waals surface area contributed by atoms with Crippen molar-refractivity contribution < 1.29 is 9.53 Å². The molecule has 0 aliphatic carbocycles. The van der Waals surface area contributed by atoms with Crippen LogP contribution in [0.1, 0.15) is 0 Å². The summed E-state index contributed by atoms with van der Waals surface area (Å²) < 4.78 is 5.32. The normalized spacial score (nSPS) is 10.3. The Balaban J connectivity index is 2.03. The van der Waals surface area contributed by atoms with Crippen LogP contribution in [0.3, 0.4) is 0 Å². The Hall–Kier alpha value is -2.86. The Bertz CT molecular complexity index is 817. The van der Waals surface area contributed by atoms with Gasteiger partial charge in [-0.1, -0.05) is 53.8 Å². The van der Waals surface area contributed by atoms with Gasteiger partial charge >= 0.3 is 6.03 Å². The van der Waals surface area contributed by atoms with E-state index in [0.29, 0.717) is 16.6 Å². The summed E-state index contributed by atoms with van der Waals surface area (Å²) in [5.41, 5.74) is 7.18. The van der Waals surface area contributed by atoms with Crippen molar-refractivity contribution in [3.05, 3.63) is 60.8 Å². The molecule has 0 saturated carbocycles. The molecule has 23 heavy (non-hydrogen) atoms. The highest BCUT2D eigenvalue weighted by molar-refractivity contribution is 7.19. The number of urea groups is 1. The molecule has 0 bridgehead atoms. The molecular formula is C17H15N3O2S. The molecule has 0 saturated heterocycles. The predicted octanol–water partition coefficient (Wildman–Crippen LogP) is 4.04. The fourth-order valence-corrected chi connectivity index (χ4v) is 3.18. The minimum absolute atomic E-state index is 0.501. The van der Waals surface area contributed by atoms with E-state index in [4.69, 9.17) is 10.5 Å². The number of amides is 2.